The fraction of sp³-hybridized carbons (Fsp3) is 0.571. The lowest BCUT2D eigenvalue weighted by molar-refractivity contribution is -0.141. The number of thiazole rings is 1. The van der Waals surface area contributed by atoms with E-state index in [4.69, 9.17) is 9.26 Å². The van der Waals surface area contributed by atoms with E-state index >= 15 is 0 Å². The molecule has 1 aromatic carbocycles. The molecule has 0 bridgehead atoms. The highest BCUT2D eigenvalue weighted by Crippen LogP contribution is 2.34. The second-order valence-corrected chi connectivity index (χ2v) is 15.1. The summed E-state index contributed by atoms with van der Waals surface area (Å²) in [5.41, 5.74) is 4.23. The molecule has 0 saturated carbocycles. The number of anilines is 1. The van der Waals surface area contributed by atoms with Crippen LogP contribution in [0.2, 0.25) is 0 Å². The summed E-state index contributed by atoms with van der Waals surface area (Å²) in [6, 6.07) is 8.55. The maximum Gasteiger partial charge on any atom is 0.410 e. The van der Waals surface area contributed by atoms with Gasteiger partial charge < -0.3 is 34.4 Å². The Bertz CT molecular complexity index is 1600. The van der Waals surface area contributed by atoms with Gasteiger partial charge in [-0.1, -0.05) is 43.3 Å². The van der Waals surface area contributed by atoms with Gasteiger partial charge >= 0.3 is 6.09 Å². The number of amides is 3. The molecule has 4 heterocycles. The quantitative estimate of drug-likeness (QED) is 0.331. The monoisotopic (exact) mass is 680 g/mol. The maximum absolute atomic E-state index is 14.1. The molecule has 13 heteroatoms. The van der Waals surface area contributed by atoms with Gasteiger partial charge in [0.25, 0.3) is 0 Å². The molecule has 2 aliphatic rings. The third-order valence-corrected chi connectivity index (χ3v) is 9.95. The third kappa shape index (κ3) is 7.84. The van der Waals surface area contributed by atoms with Crippen molar-refractivity contribution in [3.8, 4) is 10.4 Å². The zero-order chi connectivity index (χ0) is 34.9. The van der Waals surface area contributed by atoms with Gasteiger partial charge in [0.05, 0.1) is 28.2 Å². The zero-order valence-electron chi connectivity index (χ0n) is 29.1. The molecule has 5 rings (SSSR count). The number of aliphatic hydroxyl groups excluding tert-OH is 1. The molecule has 2 N–H and O–H groups in total. The molecule has 0 spiro atoms. The van der Waals surface area contributed by atoms with Gasteiger partial charge in [-0.3, -0.25) is 9.59 Å². The minimum atomic E-state index is -0.820. The number of carbonyl (C=O) groups excluding carboxylic acids is 3. The Labute approximate surface area is 286 Å². The number of ether oxygens (including phenoxy) is 1. The number of piperazine rings is 1. The van der Waals surface area contributed by atoms with Gasteiger partial charge in [0, 0.05) is 44.7 Å². The fourth-order valence-corrected chi connectivity index (χ4v) is 7.26. The molecule has 2 fully saturated rings. The lowest BCUT2D eigenvalue weighted by atomic mass is 9.91. The Kier molecular flexibility index (Phi) is 10.5. The van der Waals surface area contributed by atoms with Gasteiger partial charge in [-0.05, 0) is 58.6 Å². The number of nitrogens with zero attached hydrogens (tertiary/aromatic N) is 5. The molecule has 2 aromatic heterocycles. The minimum absolute atomic E-state index is 0.0581. The Morgan fingerprint density at radius 1 is 1.08 bits per heavy atom. The van der Waals surface area contributed by atoms with E-state index in [9.17, 15) is 19.5 Å². The molecule has 0 aliphatic carbocycles. The number of nitrogens with one attached hydrogen (secondary N) is 1. The van der Waals surface area contributed by atoms with E-state index < -0.39 is 23.7 Å². The van der Waals surface area contributed by atoms with E-state index in [-0.39, 0.29) is 48.9 Å². The van der Waals surface area contributed by atoms with Gasteiger partial charge in [0.2, 0.25) is 11.8 Å². The molecule has 2 saturated heterocycles. The van der Waals surface area contributed by atoms with Crippen molar-refractivity contribution in [2.24, 2.45) is 5.92 Å². The molecule has 3 amide bonds. The number of likely N-dealkylation sites (tertiary alicyclic amines) is 1. The van der Waals surface area contributed by atoms with E-state index in [1.54, 1.807) is 22.3 Å². The molecule has 2 aliphatic heterocycles. The number of β-amino-alcohol motifs (C(OH)–C–C–N with tert-alkyl or cyclic N) is 1. The Morgan fingerprint density at radius 3 is 2.40 bits per heavy atom. The molecule has 48 heavy (non-hydrogen) atoms. The first-order chi connectivity index (χ1) is 22.6. The molecular weight excluding hydrogens is 632 g/mol. The predicted octanol–water partition coefficient (Wildman–Crippen LogP) is 5.13. The van der Waals surface area contributed by atoms with Crippen molar-refractivity contribution >= 4 is 35.1 Å². The van der Waals surface area contributed by atoms with Crippen molar-refractivity contribution in [2.75, 3.05) is 31.1 Å². The highest BCUT2D eigenvalue weighted by molar-refractivity contribution is 7.13. The van der Waals surface area contributed by atoms with Gasteiger partial charge in [0.15, 0.2) is 11.6 Å². The number of benzene rings is 1. The van der Waals surface area contributed by atoms with E-state index in [0.717, 1.165) is 21.7 Å². The highest BCUT2D eigenvalue weighted by atomic mass is 32.1. The number of hydrogen-bond acceptors (Lipinski definition) is 10. The standard InChI is InChI=1S/C35H48N6O6S/c1-20(2)30(28-16-29(38-47-28)39-13-14-40(21(3)17-39)34(45)46-35(6,7)8)33(44)41-18-26(42)15-27(41)32(43)37-22(4)24-9-11-25(12-10-24)31-23(5)36-19-48-31/h9-12,16,19-22,26-27,30,42H,13-15,17-18H2,1-8H3,(H,37,43)/t21-,22+,26-,27+,30+/m1/s1. The van der Waals surface area contributed by atoms with Crippen LogP contribution < -0.4 is 10.2 Å². The van der Waals surface area contributed by atoms with Crippen molar-refractivity contribution in [1.29, 1.82) is 0 Å². The van der Waals surface area contributed by atoms with Crippen LogP contribution >= 0.6 is 11.3 Å². The van der Waals surface area contributed by atoms with E-state index in [0.29, 0.717) is 31.2 Å². The second-order valence-electron chi connectivity index (χ2n) is 14.3. The largest absolute Gasteiger partial charge is 0.444 e. The van der Waals surface area contributed by atoms with Crippen molar-refractivity contribution in [3.05, 3.63) is 52.9 Å². The first-order valence-electron chi connectivity index (χ1n) is 16.6. The van der Waals surface area contributed by atoms with Crippen LogP contribution in [-0.4, -0.2) is 92.9 Å². The van der Waals surface area contributed by atoms with Crippen molar-refractivity contribution < 1.29 is 28.8 Å². The maximum atomic E-state index is 14.1. The normalized spacial score (nSPS) is 21.4. The minimum Gasteiger partial charge on any atom is -0.444 e. The van der Waals surface area contributed by atoms with Crippen LogP contribution in [-0.2, 0) is 14.3 Å². The summed E-state index contributed by atoms with van der Waals surface area (Å²) < 4.78 is 11.3. The first-order valence-corrected chi connectivity index (χ1v) is 17.5. The summed E-state index contributed by atoms with van der Waals surface area (Å²) >= 11 is 1.59. The van der Waals surface area contributed by atoms with Gasteiger partial charge in [-0.25, -0.2) is 9.78 Å². The fourth-order valence-electron chi connectivity index (χ4n) is 6.45. The van der Waals surface area contributed by atoms with E-state index in [2.05, 4.69) is 15.5 Å². The van der Waals surface area contributed by atoms with Crippen molar-refractivity contribution in [1.82, 2.24) is 25.3 Å². The SMILES string of the molecule is Cc1ncsc1-c1ccc([C@H](C)NC(=O)[C@@H]2C[C@@H](O)CN2C(=O)[C@H](c2cc(N3CCN(C(=O)OC(C)(C)C)[C@H](C)C3)no2)C(C)C)cc1. The second kappa shape index (κ2) is 14.3. The highest BCUT2D eigenvalue weighted by Gasteiger charge is 2.44. The Hall–Kier alpha value is -3.97. The first kappa shape index (κ1) is 35.3. The van der Waals surface area contributed by atoms with Crippen LogP contribution in [0.25, 0.3) is 10.4 Å². The number of aromatic nitrogens is 2. The average molecular weight is 681 g/mol. The Balaban J connectivity index is 1.25. The lowest BCUT2D eigenvalue weighted by Gasteiger charge is -2.40. The van der Waals surface area contributed by atoms with Gasteiger partial charge in [0.1, 0.15) is 17.6 Å². The summed E-state index contributed by atoms with van der Waals surface area (Å²) in [4.78, 5) is 51.1. The number of rotatable bonds is 8. The van der Waals surface area contributed by atoms with Crippen LogP contribution in [0.5, 0.6) is 0 Å². The predicted molar refractivity (Wildman–Crippen MR) is 184 cm³/mol. The number of aryl methyl sites for hydroxylation is 1. The molecule has 5 atom stereocenters. The summed E-state index contributed by atoms with van der Waals surface area (Å²) in [6.07, 6.45) is -1.01. The average Bonchev–Trinajstić information content (AvgIpc) is 3.76. The molecule has 12 nitrogen and oxygen atoms in total. The molecule has 0 radical (unpaired) electrons. The smallest absolute Gasteiger partial charge is 0.410 e. The summed E-state index contributed by atoms with van der Waals surface area (Å²) in [7, 11) is 0. The number of carbonyl (C=O) groups is 3. The van der Waals surface area contributed by atoms with Crippen LogP contribution in [0.1, 0.15) is 83.9 Å². The molecule has 0 unspecified atom stereocenters. The van der Waals surface area contributed by atoms with Crippen LogP contribution in [0.15, 0.2) is 40.4 Å². The Morgan fingerprint density at radius 2 is 1.79 bits per heavy atom. The number of hydrogen-bond donors (Lipinski definition) is 2. The molecule has 3 aromatic rings. The lowest BCUT2D eigenvalue weighted by Crippen LogP contribution is -2.55. The van der Waals surface area contributed by atoms with E-state index in [1.165, 1.54) is 4.90 Å². The van der Waals surface area contributed by atoms with Crippen LogP contribution in [0.4, 0.5) is 10.6 Å². The zero-order valence-corrected chi connectivity index (χ0v) is 29.9. The molecule has 260 valence electrons. The van der Waals surface area contributed by atoms with Gasteiger partial charge in [-0.2, -0.15) is 0 Å². The van der Waals surface area contributed by atoms with E-state index in [1.807, 2.05) is 90.1 Å². The van der Waals surface area contributed by atoms with Crippen LogP contribution in [0.3, 0.4) is 0 Å². The molecular formula is C35H48N6O6S. The van der Waals surface area contributed by atoms with Crippen molar-refractivity contribution in [3.63, 3.8) is 0 Å². The summed E-state index contributed by atoms with van der Waals surface area (Å²) in [6.45, 7) is 16.8. The summed E-state index contributed by atoms with van der Waals surface area (Å²) in [5.74, 6) is -0.482. The van der Waals surface area contributed by atoms with Gasteiger partial charge in [-0.15, -0.1) is 11.3 Å². The number of aliphatic hydroxyl groups is 1. The van der Waals surface area contributed by atoms with Crippen molar-refractivity contribution in [2.45, 2.75) is 97.6 Å². The topological polar surface area (TPSA) is 141 Å². The van der Waals surface area contributed by atoms with Crippen LogP contribution in [0, 0.1) is 12.8 Å². The summed E-state index contributed by atoms with van der Waals surface area (Å²) in [5, 5.41) is 18.0. The third-order valence-electron chi connectivity index (χ3n) is 8.98.